The number of nitrogen functional groups attached to an aromatic ring is 1. The molecule has 0 aliphatic carbocycles. The maximum atomic E-state index is 13.1. The Morgan fingerprint density at radius 1 is 1.26 bits per heavy atom. The van der Waals surface area contributed by atoms with E-state index < -0.39 is 5.91 Å². The molecule has 0 saturated heterocycles. The number of amides is 1. The molecule has 31 heavy (non-hydrogen) atoms. The number of rotatable bonds is 4. The second kappa shape index (κ2) is 8.18. The molecule has 4 rings (SSSR count). The van der Waals surface area contributed by atoms with E-state index in [9.17, 15) is 10.1 Å². The van der Waals surface area contributed by atoms with Gasteiger partial charge >= 0.3 is 0 Å². The van der Waals surface area contributed by atoms with E-state index in [2.05, 4.69) is 16.4 Å². The Hall–Kier alpha value is -3.74. The van der Waals surface area contributed by atoms with E-state index in [0.29, 0.717) is 21.0 Å². The van der Waals surface area contributed by atoms with Gasteiger partial charge in [-0.1, -0.05) is 29.5 Å². The van der Waals surface area contributed by atoms with Gasteiger partial charge in [-0.2, -0.15) is 5.26 Å². The highest BCUT2D eigenvalue weighted by atomic mass is 32.1. The zero-order valence-corrected chi connectivity index (χ0v) is 18.3. The first-order valence-corrected chi connectivity index (χ1v) is 10.5. The number of nitrogens with zero attached hydrogens (tertiary/aromatic N) is 3. The molecule has 4 aromatic rings. The summed E-state index contributed by atoms with van der Waals surface area (Å²) in [6.07, 6.45) is 1.53. The Morgan fingerprint density at radius 2 is 2.00 bits per heavy atom. The number of aromatic nitrogens is 2. The summed E-state index contributed by atoms with van der Waals surface area (Å²) in [5, 5.41) is 12.6. The van der Waals surface area contributed by atoms with Crippen molar-refractivity contribution >= 4 is 41.1 Å². The number of anilines is 2. The first-order valence-electron chi connectivity index (χ1n) is 9.25. The summed E-state index contributed by atoms with van der Waals surface area (Å²) in [6, 6.07) is 15.0. The van der Waals surface area contributed by atoms with Crippen molar-refractivity contribution in [2.75, 3.05) is 11.1 Å². The van der Waals surface area contributed by atoms with Crippen molar-refractivity contribution in [2.24, 2.45) is 0 Å². The average molecular weight is 448 g/mol. The van der Waals surface area contributed by atoms with Gasteiger partial charge in [-0.3, -0.25) is 9.36 Å². The topological polar surface area (TPSA) is 110 Å². The Labute approximate surface area is 187 Å². The van der Waals surface area contributed by atoms with Crippen molar-refractivity contribution in [3.8, 4) is 23.1 Å². The highest BCUT2D eigenvalue weighted by Gasteiger charge is 2.23. The minimum Gasteiger partial charge on any atom is -0.464 e. The minimum absolute atomic E-state index is 0.145. The van der Waals surface area contributed by atoms with Crippen LogP contribution in [0.1, 0.15) is 26.5 Å². The number of hydrogen-bond donors (Lipinski definition) is 2. The summed E-state index contributed by atoms with van der Waals surface area (Å²) >= 11 is 6.53. The van der Waals surface area contributed by atoms with Crippen molar-refractivity contribution in [3.05, 3.63) is 74.4 Å². The molecule has 0 aliphatic heterocycles. The van der Waals surface area contributed by atoms with Crippen molar-refractivity contribution in [2.45, 2.75) is 13.8 Å². The molecule has 154 valence electrons. The second-order valence-corrected chi connectivity index (χ2v) is 8.36. The summed E-state index contributed by atoms with van der Waals surface area (Å²) in [7, 11) is 0. The summed E-state index contributed by atoms with van der Waals surface area (Å²) in [5.74, 6) is 0.417. The smallest absolute Gasteiger partial charge is 0.270 e. The normalized spacial score (nSPS) is 10.6. The second-order valence-electron chi connectivity index (χ2n) is 6.72. The lowest BCUT2D eigenvalue weighted by Crippen LogP contribution is -2.16. The third kappa shape index (κ3) is 3.63. The Kier molecular flexibility index (Phi) is 5.42. The van der Waals surface area contributed by atoms with Crippen LogP contribution in [0, 0.1) is 29.1 Å². The van der Waals surface area contributed by atoms with E-state index in [1.54, 1.807) is 16.7 Å². The Morgan fingerprint density at radius 3 is 2.65 bits per heavy atom. The Bertz CT molecular complexity index is 1380. The van der Waals surface area contributed by atoms with Crippen molar-refractivity contribution in [1.82, 2.24) is 9.55 Å². The summed E-state index contributed by atoms with van der Waals surface area (Å²) in [4.78, 5) is 17.8. The quantitative estimate of drug-likeness (QED) is 0.414. The number of hydrogen-bond acceptors (Lipinski definition) is 7. The fourth-order valence-corrected chi connectivity index (χ4v) is 4.52. The molecule has 0 spiro atoms. The van der Waals surface area contributed by atoms with Crippen molar-refractivity contribution in [3.63, 3.8) is 0 Å². The lowest BCUT2D eigenvalue weighted by Gasteiger charge is -2.13. The lowest BCUT2D eigenvalue weighted by atomic mass is 10.00. The third-order valence-corrected chi connectivity index (χ3v) is 6.25. The molecule has 0 saturated carbocycles. The number of benzene rings is 1. The van der Waals surface area contributed by atoms with Crippen LogP contribution in [0.4, 0.5) is 11.6 Å². The number of aryl methyl sites for hydroxylation is 1. The van der Waals surface area contributed by atoms with E-state index in [1.807, 2.05) is 44.2 Å². The largest absolute Gasteiger partial charge is 0.464 e. The predicted octanol–water partition coefficient (Wildman–Crippen LogP) is 5.25. The fourth-order valence-electron chi connectivity index (χ4n) is 3.26. The molecular formula is C22H17N5O2S2. The molecule has 3 N–H and O–H groups in total. The van der Waals surface area contributed by atoms with Crippen LogP contribution in [-0.4, -0.2) is 15.5 Å². The zero-order valence-electron chi connectivity index (χ0n) is 16.7. The number of carbonyl (C=O) groups is 1. The first-order chi connectivity index (χ1) is 14.9. The maximum absolute atomic E-state index is 13.1. The van der Waals surface area contributed by atoms with Crippen LogP contribution >= 0.6 is 23.6 Å². The molecule has 0 radical (unpaired) electrons. The third-order valence-electron chi connectivity index (χ3n) is 4.86. The minimum atomic E-state index is -0.485. The summed E-state index contributed by atoms with van der Waals surface area (Å²) < 4.78 is 7.59. The van der Waals surface area contributed by atoms with Gasteiger partial charge in [0.25, 0.3) is 5.91 Å². The van der Waals surface area contributed by atoms with E-state index in [-0.39, 0.29) is 22.1 Å². The average Bonchev–Trinajstić information content (AvgIpc) is 3.39. The number of pyridine rings is 1. The molecule has 3 heterocycles. The molecule has 1 aromatic carbocycles. The maximum Gasteiger partial charge on any atom is 0.270 e. The summed E-state index contributed by atoms with van der Waals surface area (Å²) in [6.45, 7) is 3.67. The first kappa shape index (κ1) is 20.5. The predicted molar refractivity (Wildman–Crippen MR) is 123 cm³/mol. The van der Waals surface area contributed by atoms with Gasteiger partial charge in [0, 0.05) is 16.9 Å². The van der Waals surface area contributed by atoms with Crippen LogP contribution in [0.2, 0.25) is 0 Å². The molecule has 3 aromatic heterocycles. The van der Waals surface area contributed by atoms with Gasteiger partial charge in [0.1, 0.15) is 28.1 Å². The number of thiazole rings is 1. The molecule has 0 unspecified atom stereocenters. The van der Waals surface area contributed by atoms with Gasteiger partial charge in [0.2, 0.25) is 0 Å². The van der Waals surface area contributed by atoms with Crippen LogP contribution in [0.25, 0.3) is 17.0 Å². The molecule has 9 heteroatoms. The molecule has 0 aliphatic rings. The number of nitrogens with two attached hydrogens (primary N) is 1. The molecule has 0 bridgehead atoms. The zero-order chi connectivity index (χ0) is 22.1. The van der Waals surface area contributed by atoms with Crippen LogP contribution in [0.3, 0.4) is 0 Å². The molecular weight excluding hydrogens is 430 g/mol. The van der Waals surface area contributed by atoms with Crippen LogP contribution in [0.5, 0.6) is 0 Å². The highest BCUT2D eigenvalue weighted by molar-refractivity contribution is 7.73. The van der Waals surface area contributed by atoms with E-state index in [4.69, 9.17) is 22.4 Å². The van der Waals surface area contributed by atoms with E-state index >= 15 is 0 Å². The molecule has 0 atom stereocenters. The molecule has 7 nitrogen and oxygen atoms in total. The van der Waals surface area contributed by atoms with Gasteiger partial charge in [0.15, 0.2) is 9.77 Å². The number of furan rings is 1. The van der Waals surface area contributed by atoms with Gasteiger partial charge in [0.05, 0.1) is 6.26 Å². The van der Waals surface area contributed by atoms with Crippen molar-refractivity contribution < 1.29 is 9.21 Å². The van der Waals surface area contributed by atoms with Crippen LogP contribution in [0.15, 0.2) is 53.1 Å². The van der Waals surface area contributed by atoms with Crippen LogP contribution < -0.4 is 11.1 Å². The number of nitriles is 1. The van der Waals surface area contributed by atoms with E-state index in [0.717, 1.165) is 22.6 Å². The monoisotopic (exact) mass is 447 g/mol. The molecule has 1 amide bonds. The SMILES string of the molecule is Cc1nc(NC(=O)c2sc(=S)n(-c3ccccc3)c2N)c(C#N)c(-c2ccco2)c1C. The Balaban J connectivity index is 1.77. The van der Waals surface area contributed by atoms with Crippen molar-refractivity contribution in [1.29, 1.82) is 5.26 Å². The molecule has 0 fully saturated rings. The van der Waals surface area contributed by atoms with Gasteiger partial charge in [-0.05, 0) is 55.9 Å². The van der Waals surface area contributed by atoms with E-state index in [1.165, 1.54) is 6.26 Å². The van der Waals surface area contributed by atoms with Gasteiger partial charge in [-0.15, -0.1) is 0 Å². The lowest BCUT2D eigenvalue weighted by molar-refractivity contribution is 0.103. The van der Waals surface area contributed by atoms with Gasteiger partial charge in [-0.25, -0.2) is 4.98 Å². The number of para-hydroxylation sites is 1. The number of carbonyl (C=O) groups excluding carboxylic acids is 1. The fraction of sp³-hybridized carbons (Fsp3) is 0.0909. The van der Waals surface area contributed by atoms with Crippen LogP contribution in [-0.2, 0) is 0 Å². The standard InChI is InChI=1S/C22H17N5O2S2/c1-12-13(2)25-20(15(11-23)17(12)16-9-6-10-29-16)26-21(28)18-19(24)27(22(30)31-18)14-7-4-3-5-8-14/h3-10H,24H2,1-2H3,(H,25,26,28). The van der Waals surface area contributed by atoms with Gasteiger partial charge < -0.3 is 15.5 Å². The summed E-state index contributed by atoms with van der Waals surface area (Å²) in [5.41, 5.74) is 9.32. The number of nitrogens with one attached hydrogen (secondary N) is 1. The highest BCUT2D eigenvalue weighted by Crippen LogP contribution is 2.34.